The van der Waals surface area contributed by atoms with Gasteiger partial charge in [-0.1, -0.05) is 19.3 Å². The van der Waals surface area contributed by atoms with Crippen molar-refractivity contribution in [3.63, 3.8) is 0 Å². The van der Waals surface area contributed by atoms with Gasteiger partial charge in [0.25, 0.3) is 0 Å². The second-order valence-corrected chi connectivity index (χ2v) is 7.91. The van der Waals surface area contributed by atoms with Crippen LogP contribution in [0.5, 0.6) is 0 Å². The second kappa shape index (κ2) is 8.85. The zero-order valence-electron chi connectivity index (χ0n) is 11.9. The largest absolute Gasteiger partial charge is 0.460 e. The predicted molar refractivity (Wildman–Crippen MR) is 79.6 cm³/mol. The number of ether oxygens (including phenoxy) is 2. The lowest BCUT2D eigenvalue weighted by molar-refractivity contribution is -0.142. The zero-order chi connectivity index (χ0) is 13.3. The quantitative estimate of drug-likeness (QED) is 0.428. The number of rotatable bonds is 6. The van der Waals surface area contributed by atoms with E-state index in [1.54, 1.807) is 0 Å². The van der Waals surface area contributed by atoms with Crippen LogP contribution in [0.15, 0.2) is 0 Å². The highest BCUT2D eigenvalue weighted by molar-refractivity contribution is 7.97. The average molecular weight is 287 g/mol. The molecule has 2 aliphatic rings. The molecule has 0 atom stereocenters. The third kappa shape index (κ3) is 6.17. The molecule has 0 aromatic heterocycles. The minimum atomic E-state index is -0.0162. The summed E-state index contributed by atoms with van der Waals surface area (Å²) < 4.78 is 11.0. The summed E-state index contributed by atoms with van der Waals surface area (Å²) in [7, 11) is 0.300. The normalized spacial score (nSPS) is 22.3. The van der Waals surface area contributed by atoms with E-state index >= 15 is 0 Å². The molecule has 1 aliphatic carbocycles. The summed E-state index contributed by atoms with van der Waals surface area (Å²) in [6.07, 6.45) is 10.6. The van der Waals surface area contributed by atoms with Gasteiger partial charge >= 0.3 is 5.97 Å². The van der Waals surface area contributed by atoms with Crippen LogP contribution in [0.1, 0.15) is 51.4 Å². The summed E-state index contributed by atoms with van der Waals surface area (Å²) in [5.74, 6) is 3.09. The highest BCUT2D eigenvalue weighted by atomic mass is 32.2. The highest BCUT2D eigenvalue weighted by Crippen LogP contribution is 2.20. The van der Waals surface area contributed by atoms with Gasteiger partial charge in [-0.2, -0.15) is 0 Å². The lowest BCUT2D eigenvalue weighted by atomic mass is 9.98. The monoisotopic (exact) mass is 287 g/mol. The van der Waals surface area contributed by atoms with Gasteiger partial charge in [0, 0.05) is 0 Å². The lowest BCUT2D eigenvalue weighted by Crippen LogP contribution is -2.28. The van der Waals surface area contributed by atoms with Gasteiger partial charge in [-0.15, -0.1) is 0 Å². The van der Waals surface area contributed by atoms with E-state index in [2.05, 4.69) is 0 Å². The van der Waals surface area contributed by atoms with Crippen molar-refractivity contribution >= 4 is 16.9 Å². The van der Waals surface area contributed by atoms with Crippen molar-refractivity contribution in [3.8, 4) is 0 Å². The minimum absolute atomic E-state index is 0.0162. The molecule has 1 saturated carbocycles. The van der Waals surface area contributed by atoms with Crippen molar-refractivity contribution in [1.29, 1.82) is 0 Å². The molecule has 4 heteroatoms. The van der Waals surface area contributed by atoms with Crippen molar-refractivity contribution in [2.45, 2.75) is 57.5 Å². The Morgan fingerprint density at radius 1 is 0.947 bits per heavy atom. The fraction of sp³-hybridized carbons (Fsp3) is 0.933. The van der Waals surface area contributed by atoms with Crippen LogP contribution in [0.3, 0.4) is 0 Å². The summed E-state index contributed by atoms with van der Waals surface area (Å²) in [4.78, 5) is 11.7. The Labute approximate surface area is 119 Å². The van der Waals surface area contributed by atoms with Crippen LogP contribution in [-0.4, -0.2) is 42.5 Å². The van der Waals surface area contributed by atoms with E-state index in [1.807, 2.05) is 0 Å². The Balaban J connectivity index is 1.48. The fourth-order valence-electron chi connectivity index (χ4n) is 2.85. The first-order chi connectivity index (χ1) is 9.34. The third-order valence-corrected chi connectivity index (χ3v) is 6.32. The molecule has 110 valence electrons. The van der Waals surface area contributed by atoms with Gasteiger partial charge in [0.2, 0.25) is 5.75 Å². The molecule has 1 saturated heterocycles. The summed E-state index contributed by atoms with van der Waals surface area (Å²) >= 11 is 0. The van der Waals surface area contributed by atoms with E-state index in [1.165, 1.54) is 62.9 Å². The molecule has 3 nitrogen and oxygen atoms in total. The van der Waals surface area contributed by atoms with Gasteiger partial charge in [0.15, 0.2) is 0 Å². The van der Waals surface area contributed by atoms with Crippen molar-refractivity contribution in [1.82, 2.24) is 0 Å². The first kappa shape index (κ1) is 15.2. The van der Waals surface area contributed by atoms with Gasteiger partial charge in [0.05, 0.1) is 12.7 Å². The Morgan fingerprint density at radius 2 is 1.63 bits per heavy atom. The molecule has 0 N–H and O–H groups in total. The Bertz CT molecular complexity index is 258. The molecule has 2 rings (SSSR count). The maximum atomic E-state index is 11.7. The molecule has 1 heterocycles. The van der Waals surface area contributed by atoms with E-state index in [4.69, 9.17) is 9.47 Å². The standard InChI is InChI=1S/C15H27O3S/c16-15(13-19-11-5-2-6-12-19)18-10-9-17-14-7-3-1-4-8-14/h14H,1-13H2/q+1. The fourth-order valence-corrected chi connectivity index (χ4v) is 4.98. The maximum absolute atomic E-state index is 11.7. The van der Waals surface area contributed by atoms with E-state index in [0.29, 0.717) is 36.0 Å². The molecule has 0 amide bonds. The van der Waals surface area contributed by atoms with Crippen molar-refractivity contribution in [2.75, 3.05) is 30.5 Å². The van der Waals surface area contributed by atoms with Gasteiger partial charge in [-0.05, 0) is 43.0 Å². The Kier molecular flexibility index (Phi) is 7.07. The van der Waals surface area contributed by atoms with Crippen LogP contribution in [0, 0.1) is 0 Å². The molecule has 0 bridgehead atoms. The molecular weight excluding hydrogens is 260 g/mol. The Hall–Kier alpha value is -0.220. The minimum Gasteiger partial charge on any atom is -0.460 e. The molecule has 0 aromatic carbocycles. The number of carbonyl (C=O) groups is 1. The van der Waals surface area contributed by atoms with Gasteiger partial charge in [0.1, 0.15) is 18.1 Å². The summed E-state index contributed by atoms with van der Waals surface area (Å²) in [6.45, 7) is 1.01. The zero-order valence-corrected chi connectivity index (χ0v) is 12.7. The molecule has 0 unspecified atom stereocenters. The first-order valence-electron chi connectivity index (χ1n) is 7.76. The van der Waals surface area contributed by atoms with Crippen molar-refractivity contribution < 1.29 is 14.3 Å². The Morgan fingerprint density at radius 3 is 2.37 bits per heavy atom. The third-order valence-electron chi connectivity index (χ3n) is 3.94. The van der Waals surface area contributed by atoms with Crippen molar-refractivity contribution in [2.24, 2.45) is 0 Å². The number of hydrogen-bond donors (Lipinski definition) is 0. The van der Waals surface area contributed by atoms with Gasteiger partial charge in [-0.25, -0.2) is 4.79 Å². The van der Waals surface area contributed by atoms with Crippen LogP contribution in [0.4, 0.5) is 0 Å². The van der Waals surface area contributed by atoms with Crippen LogP contribution in [-0.2, 0) is 25.2 Å². The SMILES string of the molecule is O=C(C[S+]1CCCCC1)OCCOC1CCCCC1. The average Bonchev–Trinajstić information content (AvgIpc) is 2.46. The van der Waals surface area contributed by atoms with Crippen LogP contribution < -0.4 is 0 Å². The first-order valence-corrected chi connectivity index (χ1v) is 9.49. The molecular formula is C15H27O3S+. The van der Waals surface area contributed by atoms with E-state index in [9.17, 15) is 4.79 Å². The molecule has 0 radical (unpaired) electrons. The number of esters is 1. The van der Waals surface area contributed by atoms with E-state index < -0.39 is 0 Å². The summed E-state index contributed by atoms with van der Waals surface area (Å²) in [5, 5.41) is 0. The van der Waals surface area contributed by atoms with Gasteiger partial charge < -0.3 is 9.47 Å². The topological polar surface area (TPSA) is 35.5 Å². The van der Waals surface area contributed by atoms with E-state index in [-0.39, 0.29) is 5.97 Å². The molecule has 2 fully saturated rings. The highest BCUT2D eigenvalue weighted by Gasteiger charge is 2.25. The van der Waals surface area contributed by atoms with Crippen LogP contribution in [0.25, 0.3) is 0 Å². The molecule has 19 heavy (non-hydrogen) atoms. The number of carbonyl (C=O) groups excluding carboxylic acids is 1. The maximum Gasteiger partial charge on any atom is 0.356 e. The lowest BCUT2D eigenvalue weighted by Gasteiger charge is -2.21. The molecule has 0 aromatic rings. The summed E-state index contributed by atoms with van der Waals surface area (Å²) in [6, 6.07) is 0. The van der Waals surface area contributed by atoms with E-state index in [0.717, 1.165) is 0 Å². The smallest absolute Gasteiger partial charge is 0.356 e. The van der Waals surface area contributed by atoms with Crippen LogP contribution in [0.2, 0.25) is 0 Å². The molecule has 1 aliphatic heterocycles. The molecule has 0 spiro atoms. The second-order valence-electron chi connectivity index (χ2n) is 5.58. The predicted octanol–water partition coefficient (Wildman–Crippen LogP) is 2.68. The van der Waals surface area contributed by atoms with Gasteiger partial charge in [-0.3, -0.25) is 0 Å². The van der Waals surface area contributed by atoms with Crippen LogP contribution >= 0.6 is 0 Å². The van der Waals surface area contributed by atoms with Crippen molar-refractivity contribution in [3.05, 3.63) is 0 Å². The number of hydrogen-bond acceptors (Lipinski definition) is 3. The summed E-state index contributed by atoms with van der Waals surface area (Å²) in [5.41, 5.74) is 0.